The molecule has 0 N–H and O–H groups in total. The molecule has 4 heteroatoms. The van der Waals surface area contributed by atoms with Crippen LogP contribution in [-0.2, 0) is 0 Å². The third-order valence-corrected chi connectivity index (χ3v) is 3.49. The van der Waals surface area contributed by atoms with Crippen molar-refractivity contribution in [3.05, 3.63) is 41.2 Å². The monoisotopic (exact) mass is 287 g/mol. The van der Waals surface area contributed by atoms with Crippen molar-refractivity contribution in [1.82, 2.24) is 4.98 Å². The van der Waals surface area contributed by atoms with Crippen molar-refractivity contribution in [2.75, 3.05) is 0 Å². The first-order valence-electron chi connectivity index (χ1n) is 5.17. The molecule has 4 rings (SSSR count). The lowest BCUT2D eigenvalue weighted by atomic mass is 10.1. The Kier molecular flexibility index (Phi) is 1.69. The molecule has 17 heavy (non-hydrogen) atoms. The van der Waals surface area contributed by atoms with E-state index in [4.69, 9.17) is 8.83 Å². The Labute approximate surface area is 104 Å². The summed E-state index contributed by atoms with van der Waals surface area (Å²) in [4.78, 5) is 4.21. The van der Waals surface area contributed by atoms with Crippen LogP contribution in [0.25, 0.3) is 33.0 Å². The summed E-state index contributed by atoms with van der Waals surface area (Å²) in [5.41, 5.74) is 3.12. The van der Waals surface area contributed by atoms with Crippen LogP contribution < -0.4 is 0 Å². The number of rotatable bonds is 0. The van der Waals surface area contributed by atoms with Crippen molar-refractivity contribution in [2.24, 2.45) is 0 Å². The molecule has 0 atom stereocenters. The molecule has 0 bridgehead atoms. The number of benzene rings is 2. The molecule has 0 aliphatic rings. The summed E-state index contributed by atoms with van der Waals surface area (Å²) < 4.78 is 12.1. The Morgan fingerprint density at radius 1 is 1.06 bits per heavy atom. The summed E-state index contributed by atoms with van der Waals surface area (Å²) >= 11 is 3.49. The van der Waals surface area contributed by atoms with E-state index < -0.39 is 0 Å². The van der Waals surface area contributed by atoms with E-state index in [-0.39, 0.29) is 0 Å². The molecule has 0 saturated heterocycles. The van der Waals surface area contributed by atoms with Crippen LogP contribution in [0.15, 0.2) is 50.0 Å². The number of oxazole rings is 1. The number of para-hydroxylation sites is 1. The lowest BCUT2D eigenvalue weighted by molar-refractivity contribution is 0.600. The summed E-state index contributed by atoms with van der Waals surface area (Å²) in [5, 5.41) is 2.14. The molecule has 4 aromatic rings. The van der Waals surface area contributed by atoms with Gasteiger partial charge in [0, 0.05) is 10.8 Å². The maximum absolute atomic E-state index is 5.84. The molecule has 0 radical (unpaired) electrons. The van der Waals surface area contributed by atoms with Crippen molar-refractivity contribution >= 4 is 49.0 Å². The molecule has 0 saturated carbocycles. The highest BCUT2D eigenvalue weighted by Crippen LogP contribution is 2.36. The second kappa shape index (κ2) is 3.11. The van der Waals surface area contributed by atoms with E-state index in [9.17, 15) is 0 Å². The zero-order chi connectivity index (χ0) is 11.4. The number of nitrogens with zero attached hydrogens (tertiary/aromatic N) is 1. The van der Waals surface area contributed by atoms with E-state index in [0.717, 1.165) is 37.5 Å². The van der Waals surface area contributed by atoms with E-state index in [1.54, 1.807) is 0 Å². The van der Waals surface area contributed by atoms with Gasteiger partial charge in [0.15, 0.2) is 23.1 Å². The van der Waals surface area contributed by atoms with E-state index in [0.29, 0.717) is 0 Å². The van der Waals surface area contributed by atoms with Gasteiger partial charge in [0.2, 0.25) is 0 Å². The van der Waals surface area contributed by atoms with Crippen molar-refractivity contribution in [2.45, 2.75) is 0 Å². The highest BCUT2D eigenvalue weighted by Gasteiger charge is 2.15. The Bertz CT molecular complexity index is 860. The third-order valence-electron chi connectivity index (χ3n) is 2.90. The first kappa shape index (κ1) is 9.24. The highest BCUT2D eigenvalue weighted by molar-refractivity contribution is 9.10. The van der Waals surface area contributed by atoms with Gasteiger partial charge in [-0.3, -0.25) is 0 Å². The van der Waals surface area contributed by atoms with Crippen LogP contribution in [-0.4, -0.2) is 4.98 Å². The molecule has 82 valence electrons. The third kappa shape index (κ3) is 1.13. The average molecular weight is 288 g/mol. The van der Waals surface area contributed by atoms with E-state index in [1.807, 2.05) is 30.3 Å². The van der Waals surface area contributed by atoms with Gasteiger partial charge in [0.1, 0.15) is 5.58 Å². The quantitative estimate of drug-likeness (QED) is 0.478. The summed E-state index contributed by atoms with van der Waals surface area (Å²) in [6.07, 6.45) is 1.43. The van der Waals surface area contributed by atoms with Crippen molar-refractivity contribution in [3.63, 3.8) is 0 Å². The maximum atomic E-state index is 5.84. The molecule has 0 spiro atoms. The SMILES string of the molecule is Brc1cc2c3ccccc3oc2c2ncoc12. The molecule has 0 amide bonds. The number of halogens is 1. The largest absolute Gasteiger partial charge is 0.454 e. The number of furan rings is 1. The standard InChI is InChI=1S/C13H6BrNO2/c14-9-5-8-7-3-1-2-4-10(7)17-12(8)11-13(9)16-6-15-11/h1-6H. The lowest BCUT2D eigenvalue weighted by Gasteiger charge is -1.93. The van der Waals surface area contributed by atoms with E-state index >= 15 is 0 Å². The van der Waals surface area contributed by atoms with Crippen LogP contribution in [0.2, 0.25) is 0 Å². The minimum atomic E-state index is 0.719. The van der Waals surface area contributed by atoms with Crippen molar-refractivity contribution < 1.29 is 8.83 Å². The van der Waals surface area contributed by atoms with Crippen LogP contribution in [0.3, 0.4) is 0 Å². The Morgan fingerprint density at radius 3 is 2.88 bits per heavy atom. The molecule has 0 unspecified atom stereocenters. The smallest absolute Gasteiger partial charge is 0.182 e. The molecule has 3 nitrogen and oxygen atoms in total. The van der Waals surface area contributed by atoms with Crippen LogP contribution in [0.1, 0.15) is 0 Å². The molecular formula is C13H6BrNO2. The second-order valence-electron chi connectivity index (χ2n) is 3.86. The first-order valence-corrected chi connectivity index (χ1v) is 5.97. The Balaban J connectivity index is 2.39. The topological polar surface area (TPSA) is 39.2 Å². The zero-order valence-electron chi connectivity index (χ0n) is 8.61. The van der Waals surface area contributed by atoms with Gasteiger partial charge in [-0.05, 0) is 28.1 Å². The Hall–Kier alpha value is -1.81. The lowest BCUT2D eigenvalue weighted by Crippen LogP contribution is -1.72. The number of fused-ring (bicyclic) bond motifs is 5. The molecule has 0 aliphatic carbocycles. The maximum Gasteiger partial charge on any atom is 0.182 e. The van der Waals surface area contributed by atoms with Crippen LogP contribution in [0.4, 0.5) is 0 Å². The number of aromatic nitrogens is 1. The molecule has 2 aromatic carbocycles. The highest BCUT2D eigenvalue weighted by atomic mass is 79.9. The molecule has 0 aliphatic heterocycles. The first-order chi connectivity index (χ1) is 8.34. The van der Waals surface area contributed by atoms with Crippen molar-refractivity contribution in [1.29, 1.82) is 0 Å². The fourth-order valence-electron chi connectivity index (χ4n) is 2.15. The molecule has 0 fully saturated rings. The Morgan fingerprint density at radius 2 is 1.94 bits per heavy atom. The average Bonchev–Trinajstić information content (AvgIpc) is 2.93. The van der Waals surface area contributed by atoms with Crippen LogP contribution >= 0.6 is 15.9 Å². The molecule has 2 heterocycles. The molecule has 2 aromatic heterocycles. The zero-order valence-corrected chi connectivity index (χ0v) is 10.2. The van der Waals surface area contributed by atoms with E-state index in [2.05, 4.69) is 20.9 Å². The van der Waals surface area contributed by atoms with Crippen molar-refractivity contribution in [3.8, 4) is 0 Å². The van der Waals surface area contributed by atoms with Gasteiger partial charge in [0.25, 0.3) is 0 Å². The number of hydrogen-bond donors (Lipinski definition) is 0. The van der Waals surface area contributed by atoms with Gasteiger partial charge in [-0.15, -0.1) is 0 Å². The fourth-order valence-corrected chi connectivity index (χ4v) is 2.66. The minimum absolute atomic E-state index is 0.719. The summed E-state index contributed by atoms with van der Waals surface area (Å²) in [7, 11) is 0. The fraction of sp³-hybridized carbons (Fsp3) is 0. The minimum Gasteiger partial charge on any atom is -0.454 e. The van der Waals surface area contributed by atoms with Gasteiger partial charge in [-0.25, -0.2) is 4.98 Å². The van der Waals surface area contributed by atoms with Gasteiger partial charge in [-0.2, -0.15) is 0 Å². The summed E-state index contributed by atoms with van der Waals surface area (Å²) in [6, 6.07) is 9.96. The number of hydrogen-bond acceptors (Lipinski definition) is 3. The van der Waals surface area contributed by atoms with Gasteiger partial charge in [0.05, 0.1) is 4.47 Å². The predicted octanol–water partition coefficient (Wildman–Crippen LogP) is 4.49. The van der Waals surface area contributed by atoms with E-state index in [1.165, 1.54) is 6.39 Å². The van der Waals surface area contributed by atoms with Crippen LogP contribution in [0, 0.1) is 0 Å². The second-order valence-corrected chi connectivity index (χ2v) is 4.72. The summed E-state index contributed by atoms with van der Waals surface area (Å²) in [6.45, 7) is 0. The van der Waals surface area contributed by atoms with Crippen LogP contribution in [0.5, 0.6) is 0 Å². The summed E-state index contributed by atoms with van der Waals surface area (Å²) in [5.74, 6) is 0. The van der Waals surface area contributed by atoms with Gasteiger partial charge in [-0.1, -0.05) is 18.2 Å². The molecular weight excluding hydrogens is 282 g/mol. The predicted molar refractivity (Wildman–Crippen MR) is 69.0 cm³/mol. The van der Waals surface area contributed by atoms with Gasteiger partial charge < -0.3 is 8.83 Å². The normalized spacial score (nSPS) is 11.8. The van der Waals surface area contributed by atoms with Gasteiger partial charge >= 0.3 is 0 Å².